The van der Waals surface area contributed by atoms with Crippen molar-refractivity contribution in [2.45, 2.75) is 46.1 Å². The van der Waals surface area contributed by atoms with E-state index in [1.54, 1.807) is 6.92 Å². The Hall–Kier alpha value is -2.30. The van der Waals surface area contributed by atoms with Crippen molar-refractivity contribution >= 4 is 12.3 Å². The van der Waals surface area contributed by atoms with Gasteiger partial charge in [-0.25, -0.2) is 4.79 Å². The number of benzene rings is 1. The van der Waals surface area contributed by atoms with Crippen molar-refractivity contribution in [3.63, 3.8) is 0 Å². The lowest BCUT2D eigenvalue weighted by molar-refractivity contribution is -0.130. The first-order valence-electron chi connectivity index (χ1n) is 7.61. The third kappa shape index (κ3) is 2.96. The molecule has 1 aliphatic carbocycles. The van der Waals surface area contributed by atoms with Gasteiger partial charge in [-0.2, -0.15) is 0 Å². The van der Waals surface area contributed by atoms with Crippen molar-refractivity contribution < 1.29 is 24.5 Å². The van der Waals surface area contributed by atoms with E-state index in [2.05, 4.69) is 0 Å². The molecule has 2 atom stereocenters. The van der Waals surface area contributed by atoms with Gasteiger partial charge >= 0.3 is 5.97 Å². The molecule has 23 heavy (non-hydrogen) atoms. The number of hydrogen-bond donors (Lipinski definition) is 2. The minimum Gasteiger partial charge on any atom is -0.508 e. The summed E-state index contributed by atoms with van der Waals surface area (Å²) in [4.78, 5) is 24.2. The van der Waals surface area contributed by atoms with Crippen LogP contribution < -0.4 is 0 Å². The molecule has 124 valence electrons. The molecule has 0 aromatic heterocycles. The summed E-state index contributed by atoms with van der Waals surface area (Å²) in [5, 5.41) is 19.9. The Bertz CT molecular complexity index is 689. The number of phenols is 2. The molecule has 0 saturated heterocycles. The van der Waals surface area contributed by atoms with E-state index >= 15 is 0 Å². The minimum atomic E-state index is -1.22. The van der Waals surface area contributed by atoms with Crippen LogP contribution in [0.4, 0.5) is 0 Å². The molecule has 0 radical (unpaired) electrons. The topological polar surface area (TPSA) is 83.8 Å². The number of hydrogen-bond acceptors (Lipinski definition) is 5. The Labute approximate surface area is 135 Å². The first-order chi connectivity index (χ1) is 10.7. The lowest BCUT2D eigenvalue weighted by atomic mass is 9.79. The smallest absolute Gasteiger partial charge is 0.343 e. The van der Waals surface area contributed by atoms with Crippen LogP contribution in [0.15, 0.2) is 17.7 Å². The number of rotatable bonds is 3. The standard InChI is InChI=1S/C18H22O5/c1-10-5-6-18(9-19,12(3)7-10)23-17(22)15-11(2)8-14(20)13(4)16(15)21/h7-9,12,20-21H,5-6H2,1-4H3. The number of phenolic OH excluding ortho intramolecular Hbond substituents is 2. The van der Waals surface area contributed by atoms with Crippen LogP contribution in [0.3, 0.4) is 0 Å². The molecule has 0 amide bonds. The lowest BCUT2D eigenvalue weighted by Crippen LogP contribution is -2.44. The second kappa shape index (κ2) is 6.07. The number of ether oxygens (including phenoxy) is 1. The van der Waals surface area contributed by atoms with Gasteiger partial charge in [0.1, 0.15) is 17.1 Å². The van der Waals surface area contributed by atoms with E-state index in [4.69, 9.17) is 4.74 Å². The van der Waals surface area contributed by atoms with Crippen LogP contribution in [0, 0.1) is 19.8 Å². The zero-order valence-electron chi connectivity index (χ0n) is 13.8. The SMILES string of the molecule is CC1=CC(C)C(C=O)(OC(=O)c2c(C)cc(O)c(C)c2O)CC1. The molecular weight excluding hydrogens is 296 g/mol. The molecular formula is C18H22O5. The van der Waals surface area contributed by atoms with Crippen molar-refractivity contribution in [3.8, 4) is 11.5 Å². The predicted molar refractivity (Wildman–Crippen MR) is 85.6 cm³/mol. The van der Waals surface area contributed by atoms with E-state index < -0.39 is 11.6 Å². The summed E-state index contributed by atoms with van der Waals surface area (Å²) in [6, 6.07) is 1.40. The van der Waals surface area contributed by atoms with E-state index in [1.165, 1.54) is 13.0 Å². The number of carbonyl (C=O) groups excluding carboxylic acids is 2. The quantitative estimate of drug-likeness (QED) is 0.508. The maximum absolute atomic E-state index is 12.6. The molecule has 0 saturated carbocycles. The average Bonchev–Trinajstić information content (AvgIpc) is 2.48. The molecule has 0 heterocycles. The van der Waals surface area contributed by atoms with Gasteiger partial charge in [0.2, 0.25) is 0 Å². The fourth-order valence-corrected chi connectivity index (χ4v) is 2.97. The maximum atomic E-state index is 12.6. The van der Waals surface area contributed by atoms with Gasteiger partial charge in [-0.05, 0) is 45.2 Å². The number of aryl methyl sites for hydroxylation is 1. The van der Waals surface area contributed by atoms with Crippen LogP contribution in [0.1, 0.15) is 48.2 Å². The Kier molecular flexibility index (Phi) is 4.50. The van der Waals surface area contributed by atoms with Crippen LogP contribution in [0.5, 0.6) is 11.5 Å². The van der Waals surface area contributed by atoms with Gasteiger partial charge in [-0.15, -0.1) is 0 Å². The highest BCUT2D eigenvalue weighted by Gasteiger charge is 2.42. The van der Waals surface area contributed by atoms with Crippen LogP contribution >= 0.6 is 0 Å². The Morgan fingerprint density at radius 3 is 2.57 bits per heavy atom. The molecule has 1 aromatic rings. The Balaban J connectivity index is 2.39. The third-order valence-corrected chi connectivity index (χ3v) is 4.63. The minimum absolute atomic E-state index is 0.0139. The molecule has 5 heteroatoms. The van der Waals surface area contributed by atoms with Gasteiger partial charge in [0.25, 0.3) is 0 Å². The van der Waals surface area contributed by atoms with E-state index in [0.29, 0.717) is 24.7 Å². The second-order valence-electron chi connectivity index (χ2n) is 6.33. The second-order valence-corrected chi connectivity index (χ2v) is 6.33. The molecule has 0 spiro atoms. The summed E-state index contributed by atoms with van der Waals surface area (Å²) in [5.41, 5.74) is 0.522. The Morgan fingerprint density at radius 2 is 2.00 bits per heavy atom. The zero-order valence-corrected chi connectivity index (χ0v) is 13.8. The highest BCUT2D eigenvalue weighted by atomic mass is 16.6. The van der Waals surface area contributed by atoms with Crippen LogP contribution in [-0.2, 0) is 9.53 Å². The van der Waals surface area contributed by atoms with Crippen LogP contribution in [-0.4, -0.2) is 28.1 Å². The predicted octanol–water partition coefficient (Wildman–Crippen LogP) is 3.19. The monoisotopic (exact) mass is 318 g/mol. The summed E-state index contributed by atoms with van der Waals surface area (Å²) < 4.78 is 5.54. The number of aldehydes is 1. The number of esters is 1. The largest absolute Gasteiger partial charge is 0.508 e. The fourth-order valence-electron chi connectivity index (χ4n) is 2.97. The summed E-state index contributed by atoms with van der Waals surface area (Å²) in [5.74, 6) is -1.40. The van der Waals surface area contributed by atoms with Crippen molar-refractivity contribution in [1.82, 2.24) is 0 Å². The molecule has 0 fully saturated rings. The first kappa shape index (κ1) is 17.1. The van der Waals surface area contributed by atoms with Gasteiger partial charge in [-0.3, -0.25) is 4.79 Å². The Morgan fingerprint density at radius 1 is 1.35 bits per heavy atom. The highest BCUT2D eigenvalue weighted by molar-refractivity contribution is 5.96. The van der Waals surface area contributed by atoms with Crippen molar-refractivity contribution in [3.05, 3.63) is 34.4 Å². The van der Waals surface area contributed by atoms with Crippen molar-refractivity contribution in [1.29, 1.82) is 0 Å². The highest BCUT2D eigenvalue weighted by Crippen LogP contribution is 2.38. The number of aromatic hydroxyl groups is 2. The normalized spacial score (nSPS) is 24.0. The number of allylic oxidation sites excluding steroid dienone is 1. The molecule has 2 rings (SSSR count). The summed E-state index contributed by atoms with van der Waals surface area (Å²) in [6.45, 7) is 6.91. The van der Waals surface area contributed by atoms with Crippen molar-refractivity contribution in [2.24, 2.45) is 5.92 Å². The fraction of sp³-hybridized carbons (Fsp3) is 0.444. The van der Waals surface area contributed by atoms with E-state index in [-0.39, 0.29) is 28.5 Å². The third-order valence-electron chi connectivity index (χ3n) is 4.63. The average molecular weight is 318 g/mol. The van der Waals surface area contributed by atoms with Crippen LogP contribution in [0.25, 0.3) is 0 Å². The maximum Gasteiger partial charge on any atom is 0.343 e. The van der Waals surface area contributed by atoms with Crippen molar-refractivity contribution in [2.75, 3.05) is 0 Å². The van der Waals surface area contributed by atoms with E-state index in [0.717, 1.165) is 5.57 Å². The molecule has 2 N–H and O–H groups in total. The molecule has 2 unspecified atom stereocenters. The zero-order chi connectivity index (χ0) is 17.4. The molecule has 1 aromatic carbocycles. The van der Waals surface area contributed by atoms with Crippen LogP contribution in [0.2, 0.25) is 0 Å². The van der Waals surface area contributed by atoms with Gasteiger partial charge < -0.3 is 14.9 Å². The summed E-state index contributed by atoms with van der Waals surface area (Å²) in [7, 11) is 0. The summed E-state index contributed by atoms with van der Waals surface area (Å²) >= 11 is 0. The molecule has 1 aliphatic rings. The molecule has 5 nitrogen and oxygen atoms in total. The lowest BCUT2D eigenvalue weighted by Gasteiger charge is -2.36. The number of carbonyl (C=O) groups is 2. The first-order valence-corrected chi connectivity index (χ1v) is 7.61. The van der Waals surface area contributed by atoms with Gasteiger partial charge in [-0.1, -0.05) is 18.6 Å². The molecule has 0 aliphatic heterocycles. The van der Waals surface area contributed by atoms with Gasteiger partial charge in [0.05, 0.1) is 0 Å². The van der Waals surface area contributed by atoms with E-state index in [9.17, 15) is 19.8 Å². The van der Waals surface area contributed by atoms with Gasteiger partial charge in [0.15, 0.2) is 11.9 Å². The van der Waals surface area contributed by atoms with E-state index in [1.807, 2.05) is 19.9 Å². The summed E-state index contributed by atoms with van der Waals surface area (Å²) in [6.07, 6.45) is 3.71. The molecule has 0 bridgehead atoms. The van der Waals surface area contributed by atoms with Gasteiger partial charge in [0, 0.05) is 11.5 Å².